The van der Waals surface area contributed by atoms with Crippen molar-refractivity contribution in [2.24, 2.45) is 0 Å². The molecule has 0 fully saturated rings. The third kappa shape index (κ3) is 2.13. The van der Waals surface area contributed by atoms with Crippen molar-refractivity contribution in [2.75, 3.05) is 0 Å². The fourth-order valence-corrected chi connectivity index (χ4v) is 1.52. The Bertz CT molecular complexity index is 342. The summed E-state index contributed by atoms with van der Waals surface area (Å²) in [5, 5.41) is 8.85. The lowest BCUT2D eigenvalue weighted by molar-refractivity contribution is 0.0696. The van der Waals surface area contributed by atoms with Crippen LogP contribution < -0.4 is 0 Å². The van der Waals surface area contributed by atoms with Gasteiger partial charge in [0.25, 0.3) is 0 Å². The smallest absolute Gasteiger partial charge is 0.335 e. The highest BCUT2D eigenvalue weighted by atomic mass is 16.4. The summed E-state index contributed by atoms with van der Waals surface area (Å²) in [6.07, 6.45) is 1.03. The minimum Gasteiger partial charge on any atom is -0.478 e. The van der Waals surface area contributed by atoms with E-state index < -0.39 is 5.97 Å². The van der Waals surface area contributed by atoms with Crippen molar-refractivity contribution in [1.29, 1.82) is 0 Å². The van der Waals surface area contributed by atoms with E-state index in [0.717, 1.165) is 12.0 Å². The Morgan fingerprint density at radius 2 is 2.14 bits per heavy atom. The van der Waals surface area contributed by atoms with Gasteiger partial charge in [0.05, 0.1) is 5.56 Å². The van der Waals surface area contributed by atoms with E-state index in [1.54, 1.807) is 12.1 Å². The van der Waals surface area contributed by atoms with E-state index in [-0.39, 0.29) is 0 Å². The molecule has 0 spiro atoms. The van der Waals surface area contributed by atoms with Crippen molar-refractivity contribution in [1.82, 2.24) is 0 Å². The predicted octanol–water partition coefficient (Wildman–Crippen LogP) is 3.21. The van der Waals surface area contributed by atoms with Gasteiger partial charge >= 0.3 is 5.97 Å². The predicted molar refractivity (Wildman–Crippen MR) is 56.8 cm³/mol. The van der Waals surface area contributed by atoms with Gasteiger partial charge in [0.15, 0.2) is 0 Å². The summed E-state index contributed by atoms with van der Waals surface area (Å²) in [6, 6.07) is 5.32. The average Bonchev–Trinajstić information content (AvgIpc) is 2.17. The van der Waals surface area contributed by atoms with E-state index in [4.69, 9.17) is 5.11 Å². The summed E-state index contributed by atoms with van der Waals surface area (Å²) >= 11 is 0. The van der Waals surface area contributed by atoms with Crippen molar-refractivity contribution in [3.8, 4) is 0 Å². The van der Waals surface area contributed by atoms with E-state index in [1.807, 2.05) is 13.0 Å². The highest BCUT2D eigenvalue weighted by Gasteiger charge is 2.10. The fraction of sp³-hybridized carbons (Fsp3) is 0.417. The molecule has 76 valence electrons. The number of carbonyl (C=O) groups is 1. The van der Waals surface area contributed by atoms with Gasteiger partial charge in [-0.2, -0.15) is 0 Å². The molecular weight excluding hydrogens is 176 g/mol. The molecule has 1 aromatic carbocycles. The molecule has 0 aliphatic rings. The van der Waals surface area contributed by atoms with Crippen molar-refractivity contribution in [3.63, 3.8) is 0 Å². The van der Waals surface area contributed by atoms with Crippen LogP contribution >= 0.6 is 0 Å². The summed E-state index contributed by atoms with van der Waals surface area (Å²) in [6.45, 7) is 6.25. The number of carboxylic acids is 1. The molecule has 0 saturated carbocycles. The lowest BCUT2D eigenvalue weighted by Gasteiger charge is -2.12. The van der Waals surface area contributed by atoms with Crippen LogP contribution in [-0.2, 0) is 0 Å². The Morgan fingerprint density at radius 3 is 2.64 bits per heavy atom. The first kappa shape index (κ1) is 10.8. The molecule has 0 aliphatic heterocycles. The van der Waals surface area contributed by atoms with Gasteiger partial charge in [0.1, 0.15) is 0 Å². The average molecular weight is 192 g/mol. The van der Waals surface area contributed by atoms with Crippen molar-refractivity contribution >= 4 is 5.97 Å². The molecule has 1 unspecified atom stereocenters. The first-order valence-corrected chi connectivity index (χ1v) is 4.90. The quantitative estimate of drug-likeness (QED) is 0.798. The zero-order valence-electron chi connectivity index (χ0n) is 8.87. The third-order valence-corrected chi connectivity index (χ3v) is 2.67. The number of hydrogen-bond donors (Lipinski definition) is 1. The Kier molecular flexibility index (Phi) is 3.28. The molecular formula is C12H16O2. The lowest BCUT2D eigenvalue weighted by Crippen LogP contribution is -2.01. The fourth-order valence-electron chi connectivity index (χ4n) is 1.52. The lowest BCUT2D eigenvalue weighted by atomic mass is 9.93. The number of rotatable bonds is 3. The Balaban J connectivity index is 3.14. The van der Waals surface area contributed by atoms with Gasteiger partial charge in [-0.1, -0.05) is 19.9 Å². The number of hydrogen-bond acceptors (Lipinski definition) is 1. The van der Waals surface area contributed by atoms with E-state index in [9.17, 15) is 4.79 Å². The van der Waals surface area contributed by atoms with Gasteiger partial charge in [-0.3, -0.25) is 0 Å². The van der Waals surface area contributed by atoms with Crippen LogP contribution in [0, 0.1) is 6.92 Å². The highest BCUT2D eigenvalue weighted by molar-refractivity contribution is 5.87. The Hall–Kier alpha value is -1.31. The summed E-state index contributed by atoms with van der Waals surface area (Å²) in [5.74, 6) is -0.427. The van der Waals surface area contributed by atoms with Crippen LogP contribution in [0.25, 0.3) is 0 Å². The topological polar surface area (TPSA) is 37.3 Å². The molecule has 1 rings (SSSR count). The first-order valence-electron chi connectivity index (χ1n) is 4.90. The van der Waals surface area contributed by atoms with Crippen LogP contribution in [0.4, 0.5) is 0 Å². The molecule has 2 nitrogen and oxygen atoms in total. The highest BCUT2D eigenvalue weighted by Crippen LogP contribution is 2.23. The number of benzene rings is 1. The molecule has 2 heteroatoms. The molecule has 0 bridgehead atoms. The molecule has 1 aromatic rings. The molecule has 1 N–H and O–H groups in total. The normalized spacial score (nSPS) is 12.5. The molecule has 1 atom stereocenters. The maximum atomic E-state index is 10.8. The van der Waals surface area contributed by atoms with Gasteiger partial charge in [-0.05, 0) is 42.5 Å². The van der Waals surface area contributed by atoms with E-state index in [0.29, 0.717) is 11.5 Å². The third-order valence-electron chi connectivity index (χ3n) is 2.67. The summed E-state index contributed by atoms with van der Waals surface area (Å²) in [7, 11) is 0. The van der Waals surface area contributed by atoms with E-state index in [2.05, 4.69) is 13.8 Å². The maximum absolute atomic E-state index is 10.8. The second-order valence-electron chi connectivity index (χ2n) is 3.69. The molecule has 14 heavy (non-hydrogen) atoms. The number of carboxylic acid groups (broad SMARTS) is 1. The minimum atomic E-state index is -0.852. The van der Waals surface area contributed by atoms with Crippen LogP contribution in [0.3, 0.4) is 0 Å². The maximum Gasteiger partial charge on any atom is 0.335 e. The molecule has 0 aliphatic carbocycles. The standard InChI is InChI=1S/C12H16O2/c1-4-8(2)11-7-10(12(13)14)6-5-9(11)3/h5-8H,4H2,1-3H3,(H,13,14). The Morgan fingerprint density at radius 1 is 1.50 bits per heavy atom. The zero-order chi connectivity index (χ0) is 10.7. The molecule has 0 amide bonds. The summed E-state index contributed by atoms with van der Waals surface area (Å²) in [4.78, 5) is 10.8. The van der Waals surface area contributed by atoms with Crippen molar-refractivity contribution in [3.05, 3.63) is 34.9 Å². The summed E-state index contributed by atoms with van der Waals surface area (Å²) in [5.41, 5.74) is 2.70. The van der Waals surface area contributed by atoms with Crippen LogP contribution in [0.15, 0.2) is 18.2 Å². The van der Waals surface area contributed by atoms with Crippen LogP contribution in [0.2, 0.25) is 0 Å². The number of aromatic carboxylic acids is 1. The Labute approximate surface area is 84.6 Å². The SMILES string of the molecule is CCC(C)c1cc(C(=O)O)ccc1C. The van der Waals surface area contributed by atoms with Gasteiger partial charge in [0, 0.05) is 0 Å². The number of aryl methyl sites for hydroxylation is 1. The molecule has 0 saturated heterocycles. The minimum absolute atomic E-state index is 0.380. The van der Waals surface area contributed by atoms with Gasteiger partial charge in [-0.25, -0.2) is 4.79 Å². The zero-order valence-corrected chi connectivity index (χ0v) is 8.87. The first-order chi connectivity index (χ1) is 6.56. The van der Waals surface area contributed by atoms with Crippen LogP contribution in [0.1, 0.15) is 47.7 Å². The summed E-state index contributed by atoms with van der Waals surface area (Å²) < 4.78 is 0. The monoisotopic (exact) mass is 192 g/mol. The van der Waals surface area contributed by atoms with Crippen LogP contribution in [-0.4, -0.2) is 11.1 Å². The second-order valence-corrected chi connectivity index (χ2v) is 3.69. The van der Waals surface area contributed by atoms with Crippen LogP contribution in [0.5, 0.6) is 0 Å². The largest absolute Gasteiger partial charge is 0.478 e. The van der Waals surface area contributed by atoms with Gasteiger partial charge in [-0.15, -0.1) is 0 Å². The van der Waals surface area contributed by atoms with Gasteiger partial charge in [0.2, 0.25) is 0 Å². The van der Waals surface area contributed by atoms with E-state index in [1.165, 1.54) is 5.56 Å². The van der Waals surface area contributed by atoms with Crippen molar-refractivity contribution in [2.45, 2.75) is 33.1 Å². The van der Waals surface area contributed by atoms with Crippen molar-refractivity contribution < 1.29 is 9.90 Å². The van der Waals surface area contributed by atoms with Gasteiger partial charge < -0.3 is 5.11 Å². The molecule has 0 radical (unpaired) electrons. The molecule has 0 heterocycles. The van der Waals surface area contributed by atoms with E-state index >= 15 is 0 Å². The second kappa shape index (κ2) is 4.27. The molecule has 0 aromatic heterocycles.